The first kappa shape index (κ1) is 19.7. The van der Waals surface area contributed by atoms with Gasteiger partial charge in [0.1, 0.15) is 5.01 Å². The lowest BCUT2D eigenvalue weighted by Gasteiger charge is -2.24. The average Bonchev–Trinajstić information content (AvgIpc) is 2.92. The van der Waals surface area contributed by atoms with Gasteiger partial charge in [-0.25, -0.2) is 4.98 Å². The average molecular weight is 348 g/mol. The molecule has 0 bridgehead atoms. The van der Waals surface area contributed by atoms with Crippen LogP contribution in [0.2, 0.25) is 0 Å². The fourth-order valence-corrected chi connectivity index (χ4v) is 2.43. The quantitative estimate of drug-likeness (QED) is 0.870. The number of aromatic nitrogens is 1. The van der Waals surface area contributed by atoms with E-state index in [0.29, 0.717) is 0 Å². The maximum atomic E-state index is 11.9. The molecule has 0 unspecified atom stereocenters. The number of anilines is 1. The minimum Gasteiger partial charge on any atom is -0.376 e. The lowest BCUT2D eigenvalue weighted by molar-refractivity contribution is -0.121. The van der Waals surface area contributed by atoms with E-state index < -0.39 is 5.54 Å². The van der Waals surface area contributed by atoms with Gasteiger partial charge in [-0.05, 0) is 26.0 Å². The summed E-state index contributed by atoms with van der Waals surface area (Å²) in [6.07, 6.45) is 1.75. The van der Waals surface area contributed by atoms with Crippen LogP contribution in [0, 0.1) is 0 Å². The van der Waals surface area contributed by atoms with Crippen LogP contribution in [0.5, 0.6) is 0 Å². The van der Waals surface area contributed by atoms with Crippen molar-refractivity contribution >= 4 is 47.7 Å². The van der Waals surface area contributed by atoms with E-state index in [4.69, 9.17) is 0 Å². The monoisotopic (exact) mass is 347 g/mol. The van der Waals surface area contributed by atoms with Crippen molar-refractivity contribution in [3.63, 3.8) is 0 Å². The van der Waals surface area contributed by atoms with Gasteiger partial charge in [0.2, 0.25) is 5.91 Å². The molecule has 1 aromatic heterocycles. The van der Waals surface area contributed by atoms with Crippen molar-refractivity contribution in [1.29, 1.82) is 0 Å². The van der Waals surface area contributed by atoms with Gasteiger partial charge < -0.3 is 10.6 Å². The molecule has 116 valence electrons. The maximum absolute atomic E-state index is 11.9. The molecule has 0 saturated heterocycles. The van der Waals surface area contributed by atoms with E-state index >= 15 is 0 Å². The zero-order valence-corrected chi connectivity index (χ0v) is 14.3. The number of benzene rings is 1. The van der Waals surface area contributed by atoms with Gasteiger partial charge in [0.05, 0.1) is 12.1 Å². The summed E-state index contributed by atoms with van der Waals surface area (Å²) in [6.45, 7) is 4.15. The fourth-order valence-electron chi connectivity index (χ4n) is 1.72. The van der Waals surface area contributed by atoms with Gasteiger partial charge in [-0.1, -0.05) is 18.2 Å². The van der Waals surface area contributed by atoms with Gasteiger partial charge in [-0.15, -0.1) is 36.2 Å². The first-order valence-electron chi connectivity index (χ1n) is 6.08. The van der Waals surface area contributed by atoms with E-state index in [-0.39, 0.29) is 37.3 Å². The predicted octanol–water partition coefficient (Wildman–Crippen LogP) is 3.45. The molecule has 0 spiro atoms. The number of hydrogen-bond acceptors (Lipinski definition) is 4. The molecule has 1 amide bonds. The van der Waals surface area contributed by atoms with Crippen LogP contribution in [0.25, 0.3) is 0 Å². The number of thiazole rings is 1. The van der Waals surface area contributed by atoms with Crippen molar-refractivity contribution in [1.82, 2.24) is 10.3 Å². The van der Waals surface area contributed by atoms with E-state index in [1.165, 1.54) is 0 Å². The Labute approximate surface area is 141 Å². The first-order valence-corrected chi connectivity index (χ1v) is 6.96. The van der Waals surface area contributed by atoms with Gasteiger partial charge in [0.25, 0.3) is 0 Å². The number of carbonyl (C=O) groups excluding carboxylic acids is 1. The summed E-state index contributed by atoms with van der Waals surface area (Å²) in [5.74, 6) is -0.0518. The molecule has 0 fully saturated rings. The standard InChI is InChI=1S/C14H17N3OS.2ClH/c1-14(2,13-15-8-9-19-13)17-12(18)10-16-11-6-4-3-5-7-11;;/h3-9,16H,10H2,1-2H3,(H,17,18);2*1H. The zero-order chi connectivity index (χ0) is 13.7. The number of carbonyl (C=O) groups is 1. The largest absolute Gasteiger partial charge is 0.376 e. The molecule has 21 heavy (non-hydrogen) atoms. The van der Waals surface area contributed by atoms with E-state index in [9.17, 15) is 4.79 Å². The van der Waals surface area contributed by atoms with Crippen LogP contribution in [0.3, 0.4) is 0 Å². The molecule has 1 heterocycles. The number of nitrogens with zero attached hydrogens (tertiary/aromatic N) is 1. The molecule has 4 nitrogen and oxygen atoms in total. The number of hydrogen-bond donors (Lipinski definition) is 2. The summed E-state index contributed by atoms with van der Waals surface area (Å²) in [4.78, 5) is 16.2. The smallest absolute Gasteiger partial charge is 0.240 e. The van der Waals surface area contributed by atoms with Crippen LogP contribution in [0.15, 0.2) is 41.9 Å². The fraction of sp³-hybridized carbons (Fsp3) is 0.286. The highest BCUT2D eigenvalue weighted by atomic mass is 35.5. The third-order valence-corrected chi connectivity index (χ3v) is 3.74. The van der Waals surface area contributed by atoms with Gasteiger partial charge >= 0.3 is 0 Å². The second-order valence-corrected chi connectivity index (χ2v) is 5.62. The van der Waals surface area contributed by atoms with Crippen LogP contribution in [0.1, 0.15) is 18.9 Å². The Morgan fingerprint density at radius 1 is 1.24 bits per heavy atom. The summed E-state index contributed by atoms with van der Waals surface area (Å²) in [5.41, 5.74) is 0.494. The zero-order valence-electron chi connectivity index (χ0n) is 11.8. The van der Waals surface area contributed by atoms with E-state index in [1.807, 2.05) is 49.6 Å². The Balaban J connectivity index is 0.00000200. The molecular weight excluding hydrogens is 329 g/mol. The Kier molecular flexibility index (Phi) is 8.32. The van der Waals surface area contributed by atoms with Crippen molar-refractivity contribution in [2.45, 2.75) is 19.4 Å². The van der Waals surface area contributed by atoms with Crippen LogP contribution in [-0.2, 0) is 10.3 Å². The molecule has 0 aliphatic rings. The summed E-state index contributed by atoms with van der Waals surface area (Å²) in [6, 6.07) is 9.66. The van der Waals surface area contributed by atoms with Crippen LogP contribution < -0.4 is 10.6 Å². The molecule has 2 N–H and O–H groups in total. The predicted molar refractivity (Wildman–Crippen MR) is 92.7 cm³/mol. The number of para-hydroxylation sites is 1. The van der Waals surface area contributed by atoms with E-state index in [0.717, 1.165) is 10.7 Å². The van der Waals surface area contributed by atoms with Crippen LogP contribution >= 0.6 is 36.2 Å². The van der Waals surface area contributed by atoms with Crippen molar-refractivity contribution in [3.05, 3.63) is 46.9 Å². The molecule has 0 radical (unpaired) electrons. The molecule has 7 heteroatoms. The molecule has 0 saturated carbocycles. The van der Waals surface area contributed by atoms with Crippen molar-refractivity contribution < 1.29 is 4.79 Å². The Morgan fingerprint density at radius 2 is 1.90 bits per heavy atom. The van der Waals surface area contributed by atoms with Crippen LogP contribution in [0.4, 0.5) is 5.69 Å². The Hall–Kier alpha value is -1.30. The third kappa shape index (κ3) is 5.91. The number of halogens is 2. The molecule has 2 rings (SSSR count). The third-order valence-electron chi connectivity index (χ3n) is 2.65. The second-order valence-electron chi connectivity index (χ2n) is 4.73. The van der Waals surface area contributed by atoms with Crippen molar-refractivity contribution in [3.8, 4) is 0 Å². The Morgan fingerprint density at radius 3 is 2.48 bits per heavy atom. The van der Waals surface area contributed by atoms with Crippen molar-refractivity contribution in [2.75, 3.05) is 11.9 Å². The highest BCUT2D eigenvalue weighted by Gasteiger charge is 2.25. The lowest BCUT2D eigenvalue weighted by Crippen LogP contribution is -2.43. The number of nitrogens with one attached hydrogen (secondary N) is 2. The summed E-state index contributed by atoms with van der Waals surface area (Å²) in [7, 11) is 0. The molecular formula is C14H19Cl2N3OS. The molecule has 1 aromatic carbocycles. The Bertz CT molecular complexity index is 532. The van der Waals surface area contributed by atoms with Gasteiger partial charge in [-0.3, -0.25) is 4.79 Å². The van der Waals surface area contributed by atoms with Gasteiger partial charge in [-0.2, -0.15) is 0 Å². The summed E-state index contributed by atoms with van der Waals surface area (Å²) < 4.78 is 0. The minimum absolute atomic E-state index is 0. The summed E-state index contributed by atoms with van der Waals surface area (Å²) in [5, 5.41) is 8.87. The first-order chi connectivity index (χ1) is 9.08. The van der Waals surface area contributed by atoms with E-state index in [1.54, 1.807) is 17.5 Å². The molecule has 0 atom stereocenters. The van der Waals surface area contributed by atoms with Crippen LogP contribution in [-0.4, -0.2) is 17.4 Å². The van der Waals surface area contributed by atoms with Crippen molar-refractivity contribution in [2.24, 2.45) is 0 Å². The molecule has 0 aliphatic carbocycles. The highest BCUT2D eigenvalue weighted by molar-refractivity contribution is 7.09. The van der Waals surface area contributed by atoms with E-state index in [2.05, 4.69) is 15.6 Å². The summed E-state index contributed by atoms with van der Waals surface area (Å²) >= 11 is 1.54. The van der Waals surface area contributed by atoms with Gasteiger partial charge in [0, 0.05) is 17.3 Å². The highest BCUT2D eigenvalue weighted by Crippen LogP contribution is 2.21. The molecule has 0 aliphatic heterocycles. The SMILES string of the molecule is CC(C)(NC(=O)CNc1ccccc1)c1nccs1.Cl.Cl. The normalized spacial score (nSPS) is 10.0. The number of rotatable bonds is 5. The maximum Gasteiger partial charge on any atom is 0.240 e. The number of amides is 1. The molecule has 2 aromatic rings. The second kappa shape index (κ2) is 8.87. The minimum atomic E-state index is -0.441. The van der Waals surface area contributed by atoms with Gasteiger partial charge in [0.15, 0.2) is 0 Å². The lowest BCUT2D eigenvalue weighted by atomic mass is 10.1. The topological polar surface area (TPSA) is 54.0 Å².